The molecule has 0 spiro atoms. The Kier molecular flexibility index (Phi) is 3.32. The summed E-state index contributed by atoms with van der Waals surface area (Å²) in [4.78, 5) is -0.624. The van der Waals surface area contributed by atoms with Crippen LogP contribution in [0.2, 0.25) is 10.0 Å². The van der Waals surface area contributed by atoms with Crippen molar-refractivity contribution in [3.63, 3.8) is 0 Å². The van der Waals surface area contributed by atoms with Crippen LogP contribution >= 0.6 is 46.4 Å². The largest absolute Gasteiger partial charge is 0.134 e. The van der Waals surface area contributed by atoms with Gasteiger partial charge in [0.05, 0.1) is 0 Å². The number of benzene rings is 1. The number of hydrogen-bond donors (Lipinski definition) is 0. The van der Waals surface area contributed by atoms with E-state index in [0.29, 0.717) is 15.6 Å². The van der Waals surface area contributed by atoms with Crippen molar-refractivity contribution in [2.75, 3.05) is 0 Å². The topological polar surface area (TPSA) is 0 Å². The minimum atomic E-state index is -0.624. The lowest BCUT2D eigenvalue weighted by Gasteiger charge is -2.03. The predicted octanol–water partition coefficient (Wildman–Crippen LogP) is 4.47. The quantitative estimate of drug-likeness (QED) is 0.624. The normalized spacial score (nSPS) is 10.6. The third-order valence-corrected chi connectivity index (χ3v) is 2.24. The third-order valence-electron chi connectivity index (χ3n) is 1.19. The van der Waals surface area contributed by atoms with Crippen LogP contribution in [0.5, 0.6) is 0 Å². The first kappa shape index (κ1) is 9.47. The van der Waals surface area contributed by atoms with Crippen LogP contribution in [0, 0.1) is 0 Å². The molecule has 1 aromatic rings. The first-order chi connectivity index (χ1) is 5.11. The van der Waals surface area contributed by atoms with Crippen LogP contribution in [-0.4, -0.2) is 0 Å². The van der Waals surface area contributed by atoms with Crippen LogP contribution in [0.15, 0.2) is 18.2 Å². The van der Waals surface area contributed by atoms with Gasteiger partial charge in [0.2, 0.25) is 0 Å². The minimum absolute atomic E-state index is 0.532. The summed E-state index contributed by atoms with van der Waals surface area (Å²) in [6.45, 7) is 0. The highest BCUT2D eigenvalue weighted by Crippen LogP contribution is 2.32. The van der Waals surface area contributed by atoms with E-state index in [1.54, 1.807) is 18.2 Å². The second kappa shape index (κ2) is 3.86. The summed E-state index contributed by atoms with van der Waals surface area (Å²) in [5.41, 5.74) is 0.641. The summed E-state index contributed by atoms with van der Waals surface area (Å²) in [6.07, 6.45) is 0. The maximum atomic E-state index is 5.76. The molecule has 4 heteroatoms. The van der Waals surface area contributed by atoms with Crippen LogP contribution in [0.25, 0.3) is 0 Å². The fraction of sp³-hybridized carbons (Fsp3) is 0.143. The fourth-order valence-corrected chi connectivity index (χ4v) is 1.56. The fourth-order valence-electron chi connectivity index (χ4n) is 0.682. The lowest BCUT2D eigenvalue weighted by atomic mass is 10.2. The first-order valence-corrected chi connectivity index (χ1v) is 4.47. The molecule has 60 valence electrons. The first-order valence-electron chi connectivity index (χ1n) is 2.84. The van der Waals surface area contributed by atoms with Gasteiger partial charge < -0.3 is 0 Å². The van der Waals surface area contributed by atoms with Gasteiger partial charge in [-0.15, -0.1) is 23.2 Å². The predicted molar refractivity (Wildman–Crippen MR) is 50.9 cm³/mol. The third kappa shape index (κ3) is 2.41. The Balaban J connectivity index is 3.13. The van der Waals surface area contributed by atoms with Crippen LogP contribution in [0.1, 0.15) is 10.4 Å². The van der Waals surface area contributed by atoms with Gasteiger partial charge >= 0.3 is 0 Å². The number of halogens is 4. The van der Waals surface area contributed by atoms with Crippen molar-refractivity contribution in [2.24, 2.45) is 0 Å². The van der Waals surface area contributed by atoms with Gasteiger partial charge in [-0.05, 0) is 18.2 Å². The molecule has 0 fully saturated rings. The van der Waals surface area contributed by atoms with Gasteiger partial charge in [-0.2, -0.15) is 0 Å². The lowest BCUT2D eigenvalue weighted by molar-refractivity contribution is 1.35. The molecule has 0 unspecified atom stereocenters. The Morgan fingerprint density at radius 3 is 2.18 bits per heavy atom. The van der Waals surface area contributed by atoms with E-state index in [9.17, 15) is 0 Å². The molecule has 0 aromatic heterocycles. The van der Waals surface area contributed by atoms with Gasteiger partial charge in [0.15, 0.2) is 0 Å². The molecular weight excluding hydrogens is 226 g/mol. The van der Waals surface area contributed by atoms with Gasteiger partial charge in [0, 0.05) is 15.6 Å². The average Bonchev–Trinajstić information content (AvgIpc) is 1.94. The van der Waals surface area contributed by atoms with Crippen molar-refractivity contribution in [3.05, 3.63) is 33.8 Å². The van der Waals surface area contributed by atoms with E-state index in [1.807, 2.05) is 0 Å². The molecule has 0 N–H and O–H groups in total. The summed E-state index contributed by atoms with van der Waals surface area (Å²) in [6, 6.07) is 5.00. The molecule has 0 radical (unpaired) electrons. The molecule has 1 rings (SSSR count). The molecule has 0 aliphatic heterocycles. The zero-order valence-corrected chi connectivity index (χ0v) is 8.34. The van der Waals surface area contributed by atoms with Crippen molar-refractivity contribution >= 4 is 46.4 Å². The van der Waals surface area contributed by atoms with Gasteiger partial charge in [0.25, 0.3) is 0 Å². The maximum Gasteiger partial charge on any atom is 0.134 e. The molecule has 0 saturated carbocycles. The molecule has 11 heavy (non-hydrogen) atoms. The Labute approximate surface area is 85.0 Å². The summed E-state index contributed by atoms with van der Waals surface area (Å²) >= 11 is 22.7. The smallest absolute Gasteiger partial charge is 0.100 e. The van der Waals surface area contributed by atoms with Crippen LogP contribution in [0.3, 0.4) is 0 Å². The molecule has 0 saturated heterocycles. The van der Waals surface area contributed by atoms with E-state index in [4.69, 9.17) is 46.4 Å². The van der Waals surface area contributed by atoms with Crippen LogP contribution in [-0.2, 0) is 0 Å². The monoisotopic (exact) mass is 228 g/mol. The molecule has 0 aliphatic carbocycles. The number of alkyl halides is 2. The Morgan fingerprint density at radius 1 is 1.09 bits per heavy atom. The summed E-state index contributed by atoms with van der Waals surface area (Å²) in [5, 5.41) is 1.11. The van der Waals surface area contributed by atoms with Crippen molar-refractivity contribution in [3.8, 4) is 0 Å². The van der Waals surface area contributed by atoms with E-state index in [-0.39, 0.29) is 0 Å². The molecule has 0 nitrogen and oxygen atoms in total. The molecule has 0 atom stereocenters. The Bertz CT molecular complexity index is 257. The molecule has 1 aromatic carbocycles. The van der Waals surface area contributed by atoms with Crippen LogP contribution < -0.4 is 0 Å². The van der Waals surface area contributed by atoms with E-state index < -0.39 is 4.84 Å². The Hall–Kier alpha value is 0.380. The highest BCUT2D eigenvalue weighted by atomic mass is 35.5. The van der Waals surface area contributed by atoms with E-state index in [1.165, 1.54) is 0 Å². The molecular formula is C7H4Cl4. The molecule has 0 aliphatic rings. The second-order valence-electron chi connectivity index (χ2n) is 1.97. The van der Waals surface area contributed by atoms with Gasteiger partial charge in [-0.25, -0.2) is 0 Å². The summed E-state index contributed by atoms with van der Waals surface area (Å²) in [7, 11) is 0. The Morgan fingerprint density at radius 2 is 1.73 bits per heavy atom. The van der Waals surface area contributed by atoms with E-state index in [2.05, 4.69) is 0 Å². The molecule has 0 bridgehead atoms. The van der Waals surface area contributed by atoms with Crippen molar-refractivity contribution < 1.29 is 0 Å². The van der Waals surface area contributed by atoms with Gasteiger partial charge in [-0.3, -0.25) is 0 Å². The van der Waals surface area contributed by atoms with Crippen LogP contribution in [0.4, 0.5) is 0 Å². The second-order valence-corrected chi connectivity index (χ2v) is 3.91. The van der Waals surface area contributed by atoms with E-state index >= 15 is 0 Å². The van der Waals surface area contributed by atoms with Gasteiger partial charge in [0.1, 0.15) is 4.84 Å². The summed E-state index contributed by atoms with van der Waals surface area (Å²) in [5.74, 6) is 0. The highest BCUT2D eigenvalue weighted by Gasteiger charge is 2.08. The van der Waals surface area contributed by atoms with Crippen molar-refractivity contribution in [1.29, 1.82) is 0 Å². The SMILES string of the molecule is Clc1ccc(Cl)c(C(Cl)Cl)c1. The zero-order valence-electron chi connectivity index (χ0n) is 5.32. The van der Waals surface area contributed by atoms with Crippen molar-refractivity contribution in [2.45, 2.75) is 4.84 Å². The highest BCUT2D eigenvalue weighted by molar-refractivity contribution is 6.45. The van der Waals surface area contributed by atoms with Crippen molar-refractivity contribution in [1.82, 2.24) is 0 Å². The standard InChI is InChI=1S/C7H4Cl4/c8-4-1-2-6(9)5(3-4)7(10)11/h1-3,7H. The maximum absolute atomic E-state index is 5.76. The zero-order chi connectivity index (χ0) is 8.43. The minimum Gasteiger partial charge on any atom is -0.100 e. The number of hydrogen-bond acceptors (Lipinski definition) is 0. The number of rotatable bonds is 1. The summed E-state index contributed by atoms with van der Waals surface area (Å²) < 4.78 is 0. The average molecular weight is 230 g/mol. The lowest BCUT2D eigenvalue weighted by Crippen LogP contribution is -1.82. The molecule has 0 amide bonds. The van der Waals surface area contributed by atoms with Gasteiger partial charge in [-0.1, -0.05) is 23.2 Å². The van der Waals surface area contributed by atoms with E-state index in [0.717, 1.165) is 0 Å². The molecule has 0 heterocycles.